The van der Waals surface area contributed by atoms with E-state index in [-0.39, 0.29) is 11.9 Å². The molecule has 5 rings (SSSR count). The zero-order chi connectivity index (χ0) is 28.3. The van der Waals surface area contributed by atoms with Gasteiger partial charge in [-0.25, -0.2) is 22.8 Å². The lowest BCUT2D eigenvalue weighted by molar-refractivity contribution is 0.184. The Morgan fingerprint density at radius 2 is 1.73 bits per heavy atom. The maximum Gasteiger partial charge on any atom is 0.243 e. The van der Waals surface area contributed by atoms with Crippen molar-refractivity contribution in [3.63, 3.8) is 0 Å². The number of hydrogen-bond donors (Lipinski definition) is 1. The Bertz CT molecular complexity index is 1570. The Hall–Kier alpha value is -3.44. The molecular formula is C30H35FN6O2S. The lowest BCUT2D eigenvalue weighted by atomic mass is 9.99. The lowest BCUT2D eigenvalue weighted by Crippen LogP contribution is -2.50. The number of benzene rings is 3. The van der Waals surface area contributed by atoms with Crippen LogP contribution < -0.4 is 5.32 Å². The van der Waals surface area contributed by atoms with Crippen LogP contribution in [0.3, 0.4) is 0 Å². The van der Waals surface area contributed by atoms with Crippen molar-refractivity contribution in [2.75, 3.05) is 52.1 Å². The Kier molecular flexibility index (Phi) is 8.41. The first-order valence-corrected chi connectivity index (χ1v) is 14.9. The van der Waals surface area contributed by atoms with Gasteiger partial charge in [0.15, 0.2) is 0 Å². The van der Waals surface area contributed by atoms with E-state index in [1.54, 1.807) is 41.0 Å². The molecule has 0 spiro atoms. The number of hydrogen-bond acceptors (Lipinski definition) is 7. The summed E-state index contributed by atoms with van der Waals surface area (Å²) in [6.07, 6.45) is 1.55. The van der Waals surface area contributed by atoms with E-state index in [9.17, 15) is 12.8 Å². The molecule has 1 saturated heterocycles. The average Bonchev–Trinajstić information content (AvgIpc) is 2.95. The third-order valence-corrected chi connectivity index (χ3v) is 9.05. The first kappa shape index (κ1) is 28.1. The van der Waals surface area contributed by atoms with Crippen molar-refractivity contribution in [1.29, 1.82) is 0 Å². The average molecular weight is 563 g/mol. The molecule has 1 aliphatic heterocycles. The Labute approximate surface area is 235 Å². The summed E-state index contributed by atoms with van der Waals surface area (Å²) in [5.74, 6) is 0.516. The number of fused-ring (bicyclic) bond motifs is 1. The van der Waals surface area contributed by atoms with Crippen molar-refractivity contribution in [1.82, 2.24) is 24.1 Å². The Morgan fingerprint density at radius 3 is 2.45 bits per heavy atom. The minimum Gasteiger partial charge on any atom is -0.366 e. The van der Waals surface area contributed by atoms with Gasteiger partial charge < -0.3 is 10.2 Å². The molecule has 8 nitrogen and oxygen atoms in total. The molecule has 4 aromatic rings. The number of anilines is 1. The molecule has 210 valence electrons. The number of rotatable bonds is 9. The van der Waals surface area contributed by atoms with Gasteiger partial charge in [0.1, 0.15) is 18.0 Å². The second-order valence-corrected chi connectivity index (χ2v) is 12.5. The molecule has 1 N–H and O–H groups in total. The van der Waals surface area contributed by atoms with Gasteiger partial charge in [-0.05, 0) is 56.9 Å². The molecule has 1 atom stereocenters. The third-order valence-electron chi connectivity index (χ3n) is 7.14. The van der Waals surface area contributed by atoms with Crippen LogP contribution in [0, 0.1) is 5.82 Å². The number of nitrogens with one attached hydrogen (secondary N) is 1. The summed E-state index contributed by atoms with van der Waals surface area (Å²) in [6.45, 7) is 5.58. The van der Waals surface area contributed by atoms with E-state index in [1.165, 1.54) is 6.07 Å². The van der Waals surface area contributed by atoms with E-state index in [0.29, 0.717) is 43.2 Å². The SMILES string of the molecule is CC(CN1CCN(S(=O)(=O)c2ccccc2)CC1)Nc1ncnc2c(-c3ccc(F)c(CN(C)C)c3)cccc12. The van der Waals surface area contributed by atoms with Crippen LogP contribution in [0.25, 0.3) is 22.0 Å². The summed E-state index contributed by atoms with van der Waals surface area (Å²) < 4.78 is 41.9. The second kappa shape index (κ2) is 12.0. The minimum absolute atomic E-state index is 0.0663. The van der Waals surface area contributed by atoms with Gasteiger partial charge in [-0.3, -0.25) is 4.90 Å². The predicted molar refractivity (Wildman–Crippen MR) is 157 cm³/mol. The van der Waals surface area contributed by atoms with E-state index in [0.717, 1.165) is 34.4 Å². The van der Waals surface area contributed by atoms with Gasteiger partial charge in [0, 0.05) is 61.8 Å². The molecule has 1 aromatic heterocycles. The maximum atomic E-state index is 14.4. The summed E-state index contributed by atoms with van der Waals surface area (Å²) in [5, 5.41) is 4.43. The topological polar surface area (TPSA) is 81.7 Å². The zero-order valence-electron chi connectivity index (χ0n) is 23.1. The fourth-order valence-corrected chi connectivity index (χ4v) is 6.64. The highest BCUT2D eigenvalue weighted by Gasteiger charge is 2.28. The van der Waals surface area contributed by atoms with Crippen molar-refractivity contribution in [2.45, 2.75) is 24.4 Å². The van der Waals surface area contributed by atoms with Crippen molar-refractivity contribution in [3.05, 3.63) is 84.4 Å². The number of para-hydroxylation sites is 1. The Morgan fingerprint density at radius 1 is 0.975 bits per heavy atom. The fourth-order valence-electron chi connectivity index (χ4n) is 5.20. The normalized spacial score (nSPS) is 15.9. The molecule has 0 saturated carbocycles. The highest BCUT2D eigenvalue weighted by atomic mass is 32.2. The fraction of sp³-hybridized carbons (Fsp3) is 0.333. The summed E-state index contributed by atoms with van der Waals surface area (Å²) in [7, 11) is 0.365. The van der Waals surface area contributed by atoms with Gasteiger partial charge in [-0.2, -0.15) is 4.31 Å². The molecule has 2 heterocycles. The maximum absolute atomic E-state index is 14.4. The second-order valence-electron chi connectivity index (χ2n) is 10.5. The van der Waals surface area contributed by atoms with Crippen LogP contribution >= 0.6 is 0 Å². The van der Waals surface area contributed by atoms with Crippen LogP contribution in [0.1, 0.15) is 12.5 Å². The summed E-state index contributed by atoms with van der Waals surface area (Å²) in [4.78, 5) is 13.7. The Balaban J connectivity index is 1.27. The van der Waals surface area contributed by atoms with E-state index in [2.05, 4.69) is 27.1 Å². The minimum atomic E-state index is -3.47. The molecule has 40 heavy (non-hydrogen) atoms. The molecule has 0 amide bonds. The zero-order valence-corrected chi connectivity index (χ0v) is 23.9. The van der Waals surface area contributed by atoms with Gasteiger partial charge in [0.05, 0.1) is 10.4 Å². The van der Waals surface area contributed by atoms with Crippen molar-refractivity contribution < 1.29 is 12.8 Å². The molecule has 0 aliphatic carbocycles. The molecule has 3 aromatic carbocycles. The molecule has 1 unspecified atom stereocenters. The van der Waals surface area contributed by atoms with Crippen molar-refractivity contribution in [3.8, 4) is 11.1 Å². The summed E-state index contributed by atoms with van der Waals surface area (Å²) in [5.41, 5.74) is 3.27. The quantitative estimate of drug-likeness (QED) is 0.326. The van der Waals surface area contributed by atoms with E-state index >= 15 is 0 Å². The van der Waals surface area contributed by atoms with Crippen LogP contribution in [-0.4, -0.2) is 85.4 Å². The standard InChI is InChI=1S/C30H35FN6O2S/c1-22(19-36-14-16-37(17-15-36)40(38,39)25-8-5-4-6-9-25)34-30-27-11-7-10-26(29(27)32-21-33-30)23-12-13-28(31)24(18-23)20-35(2)3/h4-13,18,21-22H,14-17,19-20H2,1-3H3,(H,32,33,34). The van der Waals surface area contributed by atoms with Gasteiger partial charge >= 0.3 is 0 Å². The number of sulfonamides is 1. The first-order chi connectivity index (χ1) is 19.2. The summed E-state index contributed by atoms with van der Waals surface area (Å²) >= 11 is 0. The van der Waals surface area contributed by atoms with Crippen LogP contribution in [0.2, 0.25) is 0 Å². The number of nitrogens with zero attached hydrogens (tertiary/aromatic N) is 5. The molecular weight excluding hydrogens is 527 g/mol. The monoisotopic (exact) mass is 562 g/mol. The van der Waals surface area contributed by atoms with Gasteiger partial charge in [0.2, 0.25) is 10.0 Å². The highest BCUT2D eigenvalue weighted by Crippen LogP contribution is 2.31. The van der Waals surface area contributed by atoms with Crippen LogP contribution in [0.4, 0.5) is 10.2 Å². The van der Waals surface area contributed by atoms with Gasteiger partial charge in [0.25, 0.3) is 0 Å². The molecule has 10 heteroatoms. The van der Waals surface area contributed by atoms with Gasteiger partial charge in [-0.1, -0.05) is 36.4 Å². The van der Waals surface area contributed by atoms with Crippen LogP contribution in [0.15, 0.2) is 78.0 Å². The van der Waals surface area contributed by atoms with E-state index in [4.69, 9.17) is 0 Å². The highest BCUT2D eigenvalue weighted by molar-refractivity contribution is 7.89. The number of halogens is 1. The smallest absolute Gasteiger partial charge is 0.243 e. The van der Waals surface area contributed by atoms with E-state index < -0.39 is 10.0 Å². The van der Waals surface area contributed by atoms with Crippen LogP contribution in [0.5, 0.6) is 0 Å². The van der Waals surface area contributed by atoms with Crippen molar-refractivity contribution in [2.24, 2.45) is 0 Å². The lowest BCUT2D eigenvalue weighted by Gasteiger charge is -2.35. The first-order valence-electron chi connectivity index (χ1n) is 13.4. The largest absolute Gasteiger partial charge is 0.366 e. The van der Waals surface area contributed by atoms with Crippen molar-refractivity contribution >= 4 is 26.7 Å². The van der Waals surface area contributed by atoms with Crippen LogP contribution in [-0.2, 0) is 16.6 Å². The van der Waals surface area contributed by atoms with E-state index in [1.807, 2.05) is 49.3 Å². The molecule has 1 aliphatic rings. The van der Waals surface area contributed by atoms with Gasteiger partial charge in [-0.15, -0.1) is 0 Å². The third kappa shape index (κ3) is 6.15. The molecule has 1 fully saturated rings. The summed E-state index contributed by atoms with van der Waals surface area (Å²) in [6, 6.07) is 19.8. The molecule has 0 bridgehead atoms. The predicted octanol–water partition coefficient (Wildman–Crippen LogP) is 4.30. The molecule has 0 radical (unpaired) electrons. The number of aromatic nitrogens is 2. The number of piperazine rings is 1.